The molecule has 1 amide bonds. The number of hydrogen-bond acceptors (Lipinski definition) is 3. The lowest BCUT2D eigenvalue weighted by molar-refractivity contribution is 0.0952. The van der Waals surface area contributed by atoms with E-state index in [1.165, 1.54) is 12.1 Å². The molecule has 1 heterocycles. The van der Waals surface area contributed by atoms with Crippen molar-refractivity contribution in [3.05, 3.63) is 34.6 Å². The highest BCUT2D eigenvalue weighted by molar-refractivity contribution is 7.92. The Morgan fingerprint density at radius 3 is 2.45 bits per heavy atom. The molecule has 0 bridgehead atoms. The molecule has 0 saturated carbocycles. The average Bonchev–Trinajstić information content (AvgIpc) is 2.64. The molecule has 1 aliphatic heterocycles. The standard InChI is InChI=1S/C14H18FNO3S/c1-9-6-11(15)7-10(2)13(9)14(17)16-8-12-4-3-5-20(12,18)19/h6-7,12H,3-5,8H2,1-2H3,(H,16,17). The first-order valence-corrected chi connectivity index (χ1v) is 8.29. The molecular weight excluding hydrogens is 281 g/mol. The molecule has 0 spiro atoms. The number of hydrogen-bond donors (Lipinski definition) is 1. The number of rotatable bonds is 3. The van der Waals surface area contributed by atoms with Crippen LogP contribution in [0.5, 0.6) is 0 Å². The zero-order valence-corrected chi connectivity index (χ0v) is 12.4. The largest absolute Gasteiger partial charge is 0.351 e. The Hall–Kier alpha value is -1.43. The van der Waals surface area contributed by atoms with Gasteiger partial charge in [0.2, 0.25) is 0 Å². The van der Waals surface area contributed by atoms with Gasteiger partial charge in [-0.3, -0.25) is 4.79 Å². The third-order valence-corrected chi connectivity index (χ3v) is 5.95. The molecule has 1 N–H and O–H groups in total. The van der Waals surface area contributed by atoms with Crippen molar-refractivity contribution < 1.29 is 17.6 Å². The highest BCUT2D eigenvalue weighted by atomic mass is 32.2. The molecule has 20 heavy (non-hydrogen) atoms. The van der Waals surface area contributed by atoms with E-state index in [9.17, 15) is 17.6 Å². The molecule has 0 radical (unpaired) electrons. The van der Waals surface area contributed by atoms with E-state index >= 15 is 0 Å². The van der Waals surface area contributed by atoms with Crippen LogP contribution in [0.4, 0.5) is 4.39 Å². The number of carbonyl (C=O) groups is 1. The second kappa shape index (κ2) is 5.52. The van der Waals surface area contributed by atoms with Crippen LogP contribution >= 0.6 is 0 Å². The molecule has 1 fully saturated rings. The summed E-state index contributed by atoms with van der Waals surface area (Å²) >= 11 is 0. The van der Waals surface area contributed by atoms with Crippen LogP contribution in [0.3, 0.4) is 0 Å². The number of sulfone groups is 1. The van der Waals surface area contributed by atoms with E-state index in [0.29, 0.717) is 29.5 Å². The molecule has 4 nitrogen and oxygen atoms in total. The van der Waals surface area contributed by atoms with Crippen LogP contribution in [0.25, 0.3) is 0 Å². The molecule has 1 aromatic carbocycles. The summed E-state index contributed by atoms with van der Waals surface area (Å²) < 4.78 is 36.6. The normalized spacial score (nSPS) is 20.9. The lowest BCUT2D eigenvalue weighted by Crippen LogP contribution is -2.35. The van der Waals surface area contributed by atoms with E-state index in [-0.39, 0.29) is 24.0 Å². The Morgan fingerprint density at radius 2 is 1.95 bits per heavy atom. The predicted octanol–water partition coefficient (Wildman–Crippen LogP) is 1.75. The van der Waals surface area contributed by atoms with Crippen molar-refractivity contribution in [3.8, 4) is 0 Å². The van der Waals surface area contributed by atoms with Crippen molar-refractivity contribution in [2.45, 2.75) is 31.9 Å². The van der Waals surface area contributed by atoms with Crippen molar-refractivity contribution in [3.63, 3.8) is 0 Å². The molecule has 1 atom stereocenters. The number of aryl methyl sites for hydroxylation is 2. The van der Waals surface area contributed by atoms with Gasteiger partial charge in [0.05, 0.1) is 11.0 Å². The summed E-state index contributed by atoms with van der Waals surface area (Å²) in [4.78, 5) is 12.1. The van der Waals surface area contributed by atoms with Gasteiger partial charge in [0, 0.05) is 12.1 Å². The van der Waals surface area contributed by atoms with Crippen molar-refractivity contribution in [1.29, 1.82) is 0 Å². The average molecular weight is 299 g/mol. The number of amides is 1. The maximum atomic E-state index is 13.2. The molecule has 6 heteroatoms. The summed E-state index contributed by atoms with van der Waals surface area (Å²) in [7, 11) is -3.07. The lowest BCUT2D eigenvalue weighted by atomic mass is 10.0. The van der Waals surface area contributed by atoms with Gasteiger partial charge in [-0.05, 0) is 49.9 Å². The van der Waals surface area contributed by atoms with Crippen molar-refractivity contribution in [1.82, 2.24) is 5.32 Å². The molecule has 1 aliphatic rings. The van der Waals surface area contributed by atoms with Crippen LogP contribution in [-0.4, -0.2) is 31.9 Å². The highest BCUT2D eigenvalue weighted by Crippen LogP contribution is 2.20. The van der Waals surface area contributed by atoms with Gasteiger partial charge >= 0.3 is 0 Å². The molecular formula is C14H18FNO3S. The Kier molecular flexibility index (Phi) is 4.13. The van der Waals surface area contributed by atoms with Crippen molar-refractivity contribution >= 4 is 15.7 Å². The summed E-state index contributed by atoms with van der Waals surface area (Å²) in [6, 6.07) is 2.60. The topological polar surface area (TPSA) is 63.2 Å². The maximum absolute atomic E-state index is 13.2. The smallest absolute Gasteiger partial charge is 0.251 e. The van der Waals surface area contributed by atoms with E-state index in [1.54, 1.807) is 13.8 Å². The minimum absolute atomic E-state index is 0.122. The van der Waals surface area contributed by atoms with Crippen molar-refractivity contribution in [2.75, 3.05) is 12.3 Å². The zero-order valence-electron chi connectivity index (χ0n) is 11.6. The minimum atomic E-state index is -3.07. The van der Waals surface area contributed by atoms with Crippen LogP contribution < -0.4 is 5.32 Å². The molecule has 2 rings (SSSR count). The van der Waals surface area contributed by atoms with Crippen LogP contribution in [0.2, 0.25) is 0 Å². The fourth-order valence-electron chi connectivity index (χ4n) is 2.65. The van der Waals surface area contributed by atoms with Gasteiger partial charge in [0.25, 0.3) is 5.91 Å². The van der Waals surface area contributed by atoms with E-state index in [2.05, 4.69) is 5.32 Å². The van der Waals surface area contributed by atoms with E-state index < -0.39 is 15.1 Å². The first kappa shape index (κ1) is 15.0. The fourth-order valence-corrected chi connectivity index (χ4v) is 4.42. The van der Waals surface area contributed by atoms with Gasteiger partial charge in [-0.2, -0.15) is 0 Å². The molecule has 1 saturated heterocycles. The third kappa shape index (κ3) is 3.00. The number of benzene rings is 1. The van der Waals surface area contributed by atoms with Gasteiger partial charge in [-0.1, -0.05) is 0 Å². The molecule has 1 aromatic rings. The molecule has 0 aliphatic carbocycles. The SMILES string of the molecule is Cc1cc(F)cc(C)c1C(=O)NCC1CCCS1(=O)=O. The Balaban J connectivity index is 2.10. The predicted molar refractivity (Wildman–Crippen MR) is 75.0 cm³/mol. The zero-order chi connectivity index (χ0) is 14.9. The van der Waals surface area contributed by atoms with E-state index in [0.717, 1.165) is 0 Å². The van der Waals surface area contributed by atoms with Gasteiger partial charge in [-0.25, -0.2) is 12.8 Å². The van der Waals surface area contributed by atoms with E-state index in [4.69, 9.17) is 0 Å². The van der Waals surface area contributed by atoms with Crippen molar-refractivity contribution in [2.24, 2.45) is 0 Å². The van der Waals surface area contributed by atoms with Gasteiger partial charge in [0.1, 0.15) is 5.82 Å². The maximum Gasteiger partial charge on any atom is 0.251 e. The van der Waals surface area contributed by atoms with Gasteiger partial charge in [0.15, 0.2) is 9.84 Å². The first-order valence-electron chi connectivity index (χ1n) is 6.58. The lowest BCUT2D eigenvalue weighted by Gasteiger charge is -2.13. The van der Waals surface area contributed by atoms with Crippen LogP contribution in [0.1, 0.15) is 34.3 Å². The summed E-state index contributed by atoms with van der Waals surface area (Å²) in [6.07, 6.45) is 1.24. The summed E-state index contributed by atoms with van der Waals surface area (Å²) in [5.41, 5.74) is 1.52. The second-order valence-electron chi connectivity index (χ2n) is 5.26. The summed E-state index contributed by atoms with van der Waals surface area (Å²) in [5.74, 6) is -0.528. The monoisotopic (exact) mass is 299 g/mol. The minimum Gasteiger partial charge on any atom is -0.351 e. The molecule has 0 aromatic heterocycles. The molecule has 1 unspecified atom stereocenters. The summed E-state index contributed by atoms with van der Waals surface area (Å²) in [5, 5.41) is 2.16. The number of nitrogens with one attached hydrogen (secondary N) is 1. The Morgan fingerprint density at radius 1 is 1.35 bits per heavy atom. The Labute approximate surface area is 118 Å². The van der Waals surface area contributed by atoms with Gasteiger partial charge < -0.3 is 5.32 Å². The number of halogens is 1. The van der Waals surface area contributed by atoms with Crippen LogP contribution in [-0.2, 0) is 9.84 Å². The second-order valence-corrected chi connectivity index (χ2v) is 7.66. The first-order chi connectivity index (χ1) is 9.31. The molecule has 110 valence electrons. The quantitative estimate of drug-likeness (QED) is 0.925. The van der Waals surface area contributed by atoms with Gasteiger partial charge in [-0.15, -0.1) is 0 Å². The van der Waals surface area contributed by atoms with Crippen LogP contribution in [0, 0.1) is 19.7 Å². The Bertz CT molecular complexity index is 617. The van der Waals surface area contributed by atoms with E-state index in [1.807, 2.05) is 0 Å². The third-order valence-electron chi connectivity index (χ3n) is 3.68. The van der Waals surface area contributed by atoms with Crippen LogP contribution in [0.15, 0.2) is 12.1 Å². The summed E-state index contributed by atoms with van der Waals surface area (Å²) in [6.45, 7) is 3.45. The number of carbonyl (C=O) groups excluding carboxylic acids is 1. The fraction of sp³-hybridized carbons (Fsp3) is 0.500. The highest BCUT2D eigenvalue weighted by Gasteiger charge is 2.31.